The van der Waals surface area contributed by atoms with Crippen LogP contribution in [-0.4, -0.2) is 41.4 Å². The van der Waals surface area contributed by atoms with Crippen LogP contribution >= 0.6 is 0 Å². The van der Waals surface area contributed by atoms with Gasteiger partial charge in [-0.3, -0.25) is 14.9 Å². The van der Waals surface area contributed by atoms with E-state index in [0.29, 0.717) is 19.4 Å². The van der Waals surface area contributed by atoms with Gasteiger partial charge in [0.1, 0.15) is 11.0 Å². The quantitative estimate of drug-likeness (QED) is 0.459. The molecule has 8 nitrogen and oxygen atoms in total. The van der Waals surface area contributed by atoms with Crippen molar-refractivity contribution >= 4 is 17.8 Å². The molecular weight excluding hydrogens is 256 g/mol. The molecule has 0 N–H and O–H groups in total. The normalized spacial score (nSPS) is 18.4. The molecule has 1 fully saturated rings. The summed E-state index contributed by atoms with van der Waals surface area (Å²) in [5.41, 5.74) is 0. The number of hydrogen-bond donors (Lipinski definition) is 0. The Morgan fingerprint density at radius 2 is 2.26 bits per heavy atom. The first-order chi connectivity index (χ1) is 9.04. The lowest BCUT2D eigenvalue weighted by molar-refractivity contribution is -0.402. The highest BCUT2D eigenvalue weighted by atomic mass is 16.6. The summed E-state index contributed by atoms with van der Waals surface area (Å²) in [6.07, 6.45) is 1.19. The van der Waals surface area contributed by atoms with Crippen LogP contribution in [0.25, 0.3) is 0 Å². The predicted octanol–water partition coefficient (Wildman–Crippen LogP) is 0.965. The number of furan rings is 1. The van der Waals surface area contributed by atoms with Gasteiger partial charge in [-0.25, -0.2) is 4.79 Å². The molecule has 1 aromatic heterocycles. The second kappa shape index (κ2) is 5.09. The molecule has 1 aliphatic rings. The van der Waals surface area contributed by atoms with Gasteiger partial charge in [-0.2, -0.15) is 0 Å². The zero-order valence-electron chi connectivity index (χ0n) is 10.2. The predicted molar refractivity (Wildman–Crippen MR) is 61.4 cm³/mol. The van der Waals surface area contributed by atoms with E-state index in [-0.39, 0.29) is 5.76 Å². The monoisotopic (exact) mass is 268 g/mol. The number of carbonyl (C=O) groups excluding carboxylic acids is 2. The Bertz CT molecular complexity index is 523. The molecule has 0 saturated carbocycles. The second-order valence-electron chi connectivity index (χ2n) is 4.07. The summed E-state index contributed by atoms with van der Waals surface area (Å²) in [5, 5.41) is 10.5. The first-order valence-electron chi connectivity index (χ1n) is 5.67. The smallest absolute Gasteiger partial charge is 0.433 e. The lowest BCUT2D eigenvalue weighted by Crippen LogP contribution is -2.40. The fraction of sp³-hybridized carbons (Fsp3) is 0.455. The largest absolute Gasteiger partial charge is 0.467 e. The maximum absolute atomic E-state index is 12.1. The first-order valence-corrected chi connectivity index (χ1v) is 5.67. The van der Waals surface area contributed by atoms with Crippen LogP contribution in [-0.2, 0) is 9.53 Å². The van der Waals surface area contributed by atoms with Gasteiger partial charge in [-0.15, -0.1) is 0 Å². The number of esters is 1. The Balaban J connectivity index is 2.18. The lowest BCUT2D eigenvalue weighted by Gasteiger charge is -2.21. The number of carbonyl (C=O) groups is 2. The molecule has 1 atom stereocenters. The zero-order valence-corrected chi connectivity index (χ0v) is 10.2. The molecule has 0 bridgehead atoms. The summed E-state index contributed by atoms with van der Waals surface area (Å²) >= 11 is 0. The second-order valence-corrected chi connectivity index (χ2v) is 4.07. The molecule has 0 spiro atoms. The molecule has 1 unspecified atom stereocenters. The van der Waals surface area contributed by atoms with E-state index in [1.165, 1.54) is 18.1 Å². The minimum Gasteiger partial charge on any atom is -0.467 e. The van der Waals surface area contributed by atoms with E-state index in [9.17, 15) is 19.7 Å². The van der Waals surface area contributed by atoms with Gasteiger partial charge in [0.05, 0.1) is 13.2 Å². The van der Waals surface area contributed by atoms with Gasteiger partial charge >= 0.3 is 11.9 Å². The van der Waals surface area contributed by atoms with E-state index in [1.54, 1.807) is 0 Å². The average Bonchev–Trinajstić information content (AvgIpc) is 3.05. The third kappa shape index (κ3) is 2.42. The van der Waals surface area contributed by atoms with Crippen molar-refractivity contribution in [3.63, 3.8) is 0 Å². The van der Waals surface area contributed by atoms with E-state index >= 15 is 0 Å². The van der Waals surface area contributed by atoms with Crippen molar-refractivity contribution in [2.45, 2.75) is 18.9 Å². The summed E-state index contributed by atoms with van der Waals surface area (Å²) in [4.78, 5) is 34.7. The fourth-order valence-electron chi connectivity index (χ4n) is 2.07. The van der Waals surface area contributed by atoms with Crippen LogP contribution in [0.5, 0.6) is 0 Å². The fourth-order valence-corrected chi connectivity index (χ4v) is 2.07. The number of ether oxygens (including phenoxy) is 1. The molecule has 8 heteroatoms. The molecule has 102 valence electrons. The van der Waals surface area contributed by atoms with E-state index in [4.69, 9.17) is 4.42 Å². The number of nitro groups is 1. The molecule has 0 aromatic carbocycles. The number of amides is 1. The van der Waals surface area contributed by atoms with Crippen molar-refractivity contribution in [2.24, 2.45) is 0 Å². The van der Waals surface area contributed by atoms with Crippen LogP contribution in [0.1, 0.15) is 23.4 Å². The standard InChI is InChI=1S/C11H12N2O6/c1-18-11(15)7-3-2-6-12(7)10(14)8-4-5-9(19-8)13(16)17/h4-5,7H,2-3,6H2,1H3. The SMILES string of the molecule is COC(=O)C1CCCN1C(=O)c1ccc([N+](=O)[O-])o1. The third-order valence-electron chi connectivity index (χ3n) is 2.97. The molecule has 0 radical (unpaired) electrons. The van der Waals surface area contributed by atoms with E-state index in [2.05, 4.69) is 4.74 Å². The van der Waals surface area contributed by atoms with Crippen molar-refractivity contribution in [1.29, 1.82) is 0 Å². The van der Waals surface area contributed by atoms with Crippen molar-refractivity contribution in [2.75, 3.05) is 13.7 Å². The molecule has 1 aliphatic heterocycles. The Morgan fingerprint density at radius 3 is 2.84 bits per heavy atom. The van der Waals surface area contributed by atoms with Gasteiger partial charge in [-0.05, 0) is 18.9 Å². The van der Waals surface area contributed by atoms with Crippen LogP contribution in [0, 0.1) is 10.1 Å². The van der Waals surface area contributed by atoms with Crippen LogP contribution < -0.4 is 0 Å². The van der Waals surface area contributed by atoms with Crippen LogP contribution in [0.2, 0.25) is 0 Å². The van der Waals surface area contributed by atoms with Gasteiger partial charge < -0.3 is 14.1 Å². The van der Waals surface area contributed by atoms with Gasteiger partial charge in [0.2, 0.25) is 0 Å². The summed E-state index contributed by atoms with van der Waals surface area (Å²) in [6, 6.07) is 1.69. The molecule has 1 aromatic rings. The number of nitrogens with zero attached hydrogens (tertiary/aromatic N) is 2. The van der Waals surface area contributed by atoms with Gasteiger partial charge in [-0.1, -0.05) is 0 Å². The first kappa shape index (κ1) is 13.1. The van der Waals surface area contributed by atoms with Crippen LogP contribution in [0.4, 0.5) is 5.88 Å². The number of hydrogen-bond acceptors (Lipinski definition) is 6. The molecule has 1 amide bonds. The Labute approximate surface area is 108 Å². The summed E-state index contributed by atoms with van der Waals surface area (Å²) in [7, 11) is 1.25. The topological polar surface area (TPSA) is 103 Å². The zero-order chi connectivity index (χ0) is 14.0. The Morgan fingerprint density at radius 1 is 1.53 bits per heavy atom. The average molecular weight is 268 g/mol. The minimum atomic E-state index is -0.724. The highest BCUT2D eigenvalue weighted by Gasteiger charge is 2.36. The Kier molecular flexibility index (Phi) is 3.50. The van der Waals surface area contributed by atoms with Gasteiger partial charge in [0, 0.05) is 6.54 Å². The summed E-state index contributed by atoms with van der Waals surface area (Å²) in [5.74, 6) is -1.69. The van der Waals surface area contributed by atoms with E-state index in [0.717, 1.165) is 6.07 Å². The number of rotatable bonds is 3. The summed E-state index contributed by atoms with van der Waals surface area (Å²) < 4.78 is 9.46. The van der Waals surface area contributed by atoms with E-state index in [1.807, 2.05) is 0 Å². The minimum absolute atomic E-state index is 0.150. The van der Waals surface area contributed by atoms with Gasteiger partial charge in [0.25, 0.3) is 5.91 Å². The Hall–Kier alpha value is -2.38. The van der Waals surface area contributed by atoms with Crippen molar-refractivity contribution in [3.8, 4) is 0 Å². The maximum Gasteiger partial charge on any atom is 0.433 e. The van der Waals surface area contributed by atoms with E-state index < -0.39 is 28.7 Å². The molecule has 19 heavy (non-hydrogen) atoms. The molecule has 2 heterocycles. The molecule has 1 saturated heterocycles. The summed E-state index contributed by atoms with van der Waals surface area (Å²) in [6.45, 7) is 0.396. The number of methoxy groups -OCH3 is 1. The van der Waals surface area contributed by atoms with Crippen molar-refractivity contribution in [3.05, 3.63) is 28.0 Å². The highest BCUT2D eigenvalue weighted by Crippen LogP contribution is 2.23. The maximum atomic E-state index is 12.1. The van der Waals surface area contributed by atoms with Gasteiger partial charge in [0.15, 0.2) is 5.76 Å². The lowest BCUT2D eigenvalue weighted by atomic mass is 10.2. The molecule has 0 aliphatic carbocycles. The molecular formula is C11H12N2O6. The van der Waals surface area contributed by atoms with Crippen molar-refractivity contribution in [1.82, 2.24) is 4.90 Å². The number of likely N-dealkylation sites (tertiary alicyclic amines) is 1. The van der Waals surface area contributed by atoms with Crippen LogP contribution in [0.3, 0.4) is 0 Å². The highest BCUT2D eigenvalue weighted by molar-refractivity contribution is 5.95. The third-order valence-corrected chi connectivity index (χ3v) is 2.97. The van der Waals surface area contributed by atoms with Crippen LogP contribution in [0.15, 0.2) is 16.5 Å². The molecule has 2 rings (SSSR count). The van der Waals surface area contributed by atoms with Crippen molar-refractivity contribution < 1.29 is 23.7 Å².